The van der Waals surface area contributed by atoms with Gasteiger partial charge in [-0.1, -0.05) is 36.4 Å². The fraction of sp³-hybridized carbons (Fsp3) is 0.174. The largest absolute Gasteiger partial charge is 0.492 e. The average Bonchev–Trinajstić information content (AvgIpc) is 2.73. The van der Waals surface area contributed by atoms with Crippen molar-refractivity contribution in [3.05, 3.63) is 89.5 Å². The van der Waals surface area contributed by atoms with Crippen LogP contribution >= 0.6 is 0 Å². The number of para-hydroxylation sites is 1. The van der Waals surface area contributed by atoms with Gasteiger partial charge in [0.05, 0.1) is 11.4 Å². The molecular formula is C23H24N2O4S. The molecule has 156 valence electrons. The van der Waals surface area contributed by atoms with Crippen molar-refractivity contribution < 1.29 is 17.9 Å². The molecule has 3 aromatic carbocycles. The van der Waals surface area contributed by atoms with Crippen LogP contribution in [0.25, 0.3) is 0 Å². The fourth-order valence-electron chi connectivity index (χ4n) is 2.88. The molecule has 0 aliphatic carbocycles. The summed E-state index contributed by atoms with van der Waals surface area (Å²) in [5.41, 5.74) is 2.19. The molecule has 2 N–H and O–H groups in total. The number of hydrogen-bond acceptors (Lipinski definition) is 4. The molecule has 6 nitrogen and oxygen atoms in total. The Labute approximate surface area is 177 Å². The average molecular weight is 425 g/mol. The second kappa shape index (κ2) is 9.45. The van der Waals surface area contributed by atoms with Gasteiger partial charge in [-0.2, -0.15) is 0 Å². The molecule has 0 fully saturated rings. The Morgan fingerprint density at radius 1 is 0.933 bits per heavy atom. The molecule has 0 unspecified atom stereocenters. The van der Waals surface area contributed by atoms with E-state index >= 15 is 0 Å². The van der Waals surface area contributed by atoms with Gasteiger partial charge in [-0.15, -0.1) is 0 Å². The van der Waals surface area contributed by atoms with E-state index in [0.29, 0.717) is 30.0 Å². The molecule has 0 aliphatic rings. The zero-order chi connectivity index (χ0) is 21.6. The van der Waals surface area contributed by atoms with Gasteiger partial charge in [-0.3, -0.25) is 9.52 Å². The molecule has 0 heterocycles. The topological polar surface area (TPSA) is 84.5 Å². The highest BCUT2D eigenvalue weighted by Gasteiger charge is 2.18. The molecule has 0 saturated carbocycles. The lowest BCUT2D eigenvalue weighted by molar-refractivity contribution is 0.0947. The van der Waals surface area contributed by atoms with Gasteiger partial charge in [0.1, 0.15) is 12.4 Å². The predicted octanol–water partition coefficient (Wildman–Crippen LogP) is 3.91. The molecule has 0 radical (unpaired) electrons. The van der Waals surface area contributed by atoms with Crippen molar-refractivity contribution in [2.45, 2.75) is 18.7 Å². The number of sulfonamides is 1. The molecule has 30 heavy (non-hydrogen) atoms. The van der Waals surface area contributed by atoms with Gasteiger partial charge in [-0.05, 0) is 61.4 Å². The standard InChI is InChI=1S/C23H24N2O4S/c1-17-11-12-18(2)22(15-17)30(27,28)25-20-8-6-7-19(16-20)23(26)24-13-14-29-21-9-4-3-5-10-21/h3-12,15-16,25H,13-14H2,1-2H3,(H,24,26). The van der Waals surface area contributed by atoms with Gasteiger partial charge in [0.25, 0.3) is 15.9 Å². The van der Waals surface area contributed by atoms with Crippen LogP contribution in [0.1, 0.15) is 21.5 Å². The lowest BCUT2D eigenvalue weighted by atomic mass is 10.2. The van der Waals surface area contributed by atoms with Crippen LogP contribution in [0.4, 0.5) is 5.69 Å². The number of aryl methyl sites for hydroxylation is 2. The maximum absolute atomic E-state index is 12.8. The first-order chi connectivity index (χ1) is 14.3. The smallest absolute Gasteiger partial charge is 0.262 e. The number of carbonyl (C=O) groups is 1. The second-order valence-corrected chi connectivity index (χ2v) is 8.52. The highest BCUT2D eigenvalue weighted by molar-refractivity contribution is 7.92. The van der Waals surface area contributed by atoms with E-state index in [9.17, 15) is 13.2 Å². The minimum atomic E-state index is -3.76. The summed E-state index contributed by atoms with van der Waals surface area (Å²) < 4.78 is 33.6. The monoisotopic (exact) mass is 424 g/mol. The lowest BCUT2D eigenvalue weighted by Crippen LogP contribution is -2.28. The lowest BCUT2D eigenvalue weighted by Gasteiger charge is -2.12. The zero-order valence-corrected chi connectivity index (χ0v) is 17.7. The molecule has 1 amide bonds. The number of rotatable bonds is 8. The minimum absolute atomic E-state index is 0.218. The molecule has 0 saturated heterocycles. The van der Waals surface area contributed by atoms with Crippen molar-refractivity contribution in [1.29, 1.82) is 0 Å². The summed E-state index contributed by atoms with van der Waals surface area (Å²) in [6.45, 7) is 4.24. The molecule has 0 bridgehead atoms. The molecule has 7 heteroatoms. The van der Waals surface area contributed by atoms with Crippen LogP contribution in [-0.2, 0) is 10.0 Å². The van der Waals surface area contributed by atoms with E-state index in [0.717, 1.165) is 11.3 Å². The van der Waals surface area contributed by atoms with E-state index in [1.54, 1.807) is 37.3 Å². The Kier molecular flexibility index (Phi) is 6.74. The summed E-state index contributed by atoms with van der Waals surface area (Å²) in [6, 6.07) is 21.0. The molecule has 0 atom stereocenters. The summed E-state index contributed by atoms with van der Waals surface area (Å²) in [7, 11) is -3.76. The first-order valence-electron chi connectivity index (χ1n) is 9.51. The summed E-state index contributed by atoms with van der Waals surface area (Å²) in [5.74, 6) is 0.425. The van der Waals surface area contributed by atoms with Gasteiger partial charge in [0.15, 0.2) is 0 Å². The number of anilines is 1. The van der Waals surface area contributed by atoms with Gasteiger partial charge >= 0.3 is 0 Å². The summed E-state index contributed by atoms with van der Waals surface area (Å²) in [6.07, 6.45) is 0. The summed E-state index contributed by atoms with van der Waals surface area (Å²) in [4.78, 5) is 12.6. The number of nitrogens with one attached hydrogen (secondary N) is 2. The van der Waals surface area contributed by atoms with Crippen LogP contribution in [0.3, 0.4) is 0 Å². The van der Waals surface area contributed by atoms with Gasteiger partial charge < -0.3 is 10.1 Å². The maximum atomic E-state index is 12.8. The highest BCUT2D eigenvalue weighted by atomic mass is 32.2. The van der Waals surface area contributed by atoms with Crippen molar-refractivity contribution in [2.24, 2.45) is 0 Å². The Morgan fingerprint density at radius 3 is 2.47 bits per heavy atom. The Bertz CT molecular complexity index is 1130. The van der Waals surface area contributed by atoms with Crippen LogP contribution in [0.15, 0.2) is 77.7 Å². The third-order valence-electron chi connectivity index (χ3n) is 4.41. The SMILES string of the molecule is Cc1ccc(C)c(S(=O)(=O)Nc2cccc(C(=O)NCCOc3ccccc3)c2)c1. The fourth-order valence-corrected chi connectivity index (χ4v) is 4.26. The Morgan fingerprint density at radius 2 is 1.70 bits per heavy atom. The van der Waals surface area contributed by atoms with Gasteiger partial charge in [-0.25, -0.2) is 8.42 Å². The first kappa shape index (κ1) is 21.4. The van der Waals surface area contributed by atoms with E-state index in [4.69, 9.17) is 4.74 Å². The van der Waals surface area contributed by atoms with Crippen LogP contribution in [0.2, 0.25) is 0 Å². The van der Waals surface area contributed by atoms with Crippen LogP contribution < -0.4 is 14.8 Å². The normalized spacial score (nSPS) is 11.0. The van der Waals surface area contributed by atoms with Crippen LogP contribution in [-0.4, -0.2) is 27.5 Å². The van der Waals surface area contributed by atoms with E-state index in [-0.39, 0.29) is 10.8 Å². The number of hydrogen-bond donors (Lipinski definition) is 2. The quantitative estimate of drug-likeness (QED) is 0.537. The van der Waals surface area contributed by atoms with Crippen molar-refractivity contribution in [3.8, 4) is 5.75 Å². The number of benzene rings is 3. The maximum Gasteiger partial charge on any atom is 0.262 e. The first-order valence-corrected chi connectivity index (χ1v) is 11.0. The zero-order valence-electron chi connectivity index (χ0n) is 16.9. The van der Waals surface area contributed by atoms with Crippen LogP contribution in [0.5, 0.6) is 5.75 Å². The third-order valence-corrected chi connectivity index (χ3v) is 5.93. The molecule has 3 rings (SSSR count). The van der Waals surface area contributed by atoms with E-state index in [2.05, 4.69) is 10.0 Å². The number of amides is 1. The van der Waals surface area contributed by atoms with Crippen molar-refractivity contribution in [1.82, 2.24) is 5.32 Å². The van der Waals surface area contributed by atoms with E-state index in [1.807, 2.05) is 43.3 Å². The van der Waals surface area contributed by atoms with Crippen molar-refractivity contribution in [2.75, 3.05) is 17.9 Å². The number of ether oxygens (including phenoxy) is 1. The Hall–Kier alpha value is -3.32. The van der Waals surface area contributed by atoms with Gasteiger partial charge in [0, 0.05) is 11.3 Å². The molecular weight excluding hydrogens is 400 g/mol. The van der Waals surface area contributed by atoms with Crippen LogP contribution in [0, 0.1) is 13.8 Å². The number of carbonyl (C=O) groups excluding carboxylic acids is 1. The van der Waals surface area contributed by atoms with Crippen molar-refractivity contribution >= 4 is 21.6 Å². The van der Waals surface area contributed by atoms with E-state index < -0.39 is 10.0 Å². The third kappa shape index (κ3) is 5.61. The minimum Gasteiger partial charge on any atom is -0.492 e. The van der Waals surface area contributed by atoms with E-state index in [1.165, 1.54) is 6.07 Å². The molecule has 0 spiro atoms. The summed E-state index contributed by atoms with van der Waals surface area (Å²) >= 11 is 0. The van der Waals surface area contributed by atoms with Crippen molar-refractivity contribution in [3.63, 3.8) is 0 Å². The Balaban J connectivity index is 1.62. The molecule has 0 aliphatic heterocycles. The molecule has 0 aromatic heterocycles. The summed E-state index contributed by atoms with van der Waals surface area (Å²) in [5, 5.41) is 2.77. The second-order valence-electron chi connectivity index (χ2n) is 6.87. The van der Waals surface area contributed by atoms with Gasteiger partial charge in [0.2, 0.25) is 0 Å². The highest BCUT2D eigenvalue weighted by Crippen LogP contribution is 2.21. The molecule has 3 aromatic rings. The predicted molar refractivity (Wildman–Crippen MR) is 117 cm³/mol.